The Bertz CT molecular complexity index is 908. The molecule has 2 aromatic heterocycles. The molecule has 1 fully saturated rings. The Hall–Kier alpha value is -2.89. The minimum Gasteiger partial charge on any atom is -0.399 e. The third-order valence-corrected chi connectivity index (χ3v) is 5.03. The van der Waals surface area contributed by atoms with Crippen molar-refractivity contribution in [2.75, 3.05) is 11.1 Å². The van der Waals surface area contributed by atoms with E-state index in [1.807, 2.05) is 30.3 Å². The van der Waals surface area contributed by atoms with Crippen LogP contribution in [-0.4, -0.2) is 20.9 Å². The lowest BCUT2D eigenvalue weighted by Crippen LogP contribution is -2.22. The van der Waals surface area contributed by atoms with Crippen molar-refractivity contribution in [2.24, 2.45) is 5.92 Å². The lowest BCUT2D eigenvalue weighted by Gasteiger charge is -2.13. The van der Waals surface area contributed by atoms with Crippen LogP contribution in [0.4, 0.5) is 11.5 Å². The Labute approximate surface area is 152 Å². The first-order chi connectivity index (χ1) is 12.7. The van der Waals surface area contributed by atoms with Gasteiger partial charge >= 0.3 is 0 Å². The maximum atomic E-state index is 12.5. The molecule has 0 spiro atoms. The van der Waals surface area contributed by atoms with Crippen molar-refractivity contribution in [3.63, 3.8) is 0 Å². The topological polar surface area (TPSA) is 96.7 Å². The van der Waals surface area contributed by atoms with E-state index in [4.69, 9.17) is 5.73 Å². The minimum atomic E-state index is 0.0769. The molecule has 1 aliphatic carbocycles. The van der Waals surface area contributed by atoms with Crippen LogP contribution in [0.15, 0.2) is 36.5 Å². The van der Waals surface area contributed by atoms with Crippen LogP contribution in [0.3, 0.4) is 0 Å². The van der Waals surface area contributed by atoms with E-state index in [9.17, 15) is 4.79 Å². The largest absolute Gasteiger partial charge is 0.399 e. The van der Waals surface area contributed by atoms with Gasteiger partial charge < -0.3 is 16.0 Å². The zero-order chi connectivity index (χ0) is 17.9. The summed E-state index contributed by atoms with van der Waals surface area (Å²) in [6.07, 6.45) is 8.38. The molecule has 1 aliphatic rings. The maximum Gasteiger partial charge on any atom is 0.228 e. The predicted molar refractivity (Wildman–Crippen MR) is 104 cm³/mol. The Morgan fingerprint density at radius 1 is 1.12 bits per heavy atom. The van der Waals surface area contributed by atoms with E-state index in [0.29, 0.717) is 5.82 Å². The number of nitrogens with zero attached hydrogens (tertiary/aromatic N) is 2. The molecule has 1 saturated carbocycles. The average molecular weight is 349 g/mol. The molecule has 1 amide bonds. The standard InChI is InChI=1S/C20H23N5O/c21-15-9-7-13(8-10-15)19-23-16-11-18(22-12-17(16)24-19)25-20(26)14-5-3-1-2-4-6-14/h7-12,14H,1-6,21H2,(H,23,24)(H,22,25,26). The Kier molecular flexibility index (Phi) is 4.56. The number of fused-ring (bicyclic) bond motifs is 1. The SMILES string of the molecule is Nc1ccc(-c2nc3cc(NC(=O)C4CCCCCC4)ncc3[nH]2)cc1. The lowest BCUT2D eigenvalue weighted by molar-refractivity contribution is -0.120. The molecule has 1 aromatic carbocycles. The molecular weight excluding hydrogens is 326 g/mol. The third kappa shape index (κ3) is 3.54. The Balaban J connectivity index is 1.53. The summed E-state index contributed by atoms with van der Waals surface area (Å²) in [6.45, 7) is 0. The van der Waals surface area contributed by atoms with Crippen molar-refractivity contribution in [1.82, 2.24) is 15.0 Å². The van der Waals surface area contributed by atoms with Crippen LogP contribution in [0.5, 0.6) is 0 Å². The zero-order valence-electron chi connectivity index (χ0n) is 14.7. The van der Waals surface area contributed by atoms with Gasteiger partial charge in [-0.2, -0.15) is 0 Å². The second-order valence-electron chi connectivity index (χ2n) is 6.97. The number of nitrogens with two attached hydrogens (primary N) is 1. The number of nitrogen functional groups attached to an aromatic ring is 1. The zero-order valence-corrected chi connectivity index (χ0v) is 14.7. The van der Waals surface area contributed by atoms with Gasteiger partial charge in [-0.15, -0.1) is 0 Å². The van der Waals surface area contributed by atoms with Crippen LogP contribution in [0.2, 0.25) is 0 Å². The molecule has 0 aliphatic heterocycles. The first-order valence-electron chi connectivity index (χ1n) is 9.21. The molecule has 134 valence electrons. The fraction of sp³-hybridized carbons (Fsp3) is 0.350. The van der Waals surface area contributed by atoms with E-state index in [-0.39, 0.29) is 11.8 Å². The van der Waals surface area contributed by atoms with Gasteiger partial charge in [-0.25, -0.2) is 9.97 Å². The molecule has 4 N–H and O–H groups in total. The van der Waals surface area contributed by atoms with Gasteiger partial charge in [-0.1, -0.05) is 25.7 Å². The molecule has 0 saturated heterocycles. The number of nitrogens with one attached hydrogen (secondary N) is 2. The van der Waals surface area contributed by atoms with Gasteiger partial charge in [0, 0.05) is 23.2 Å². The van der Waals surface area contributed by atoms with Crippen molar-refractivity contribution < 1.29 is 4.79 Å². The monoisotopic (exact) mass is 349 g/mol. The summed E-state index contributed by atoms with van der Waals surface area (Å²) in [6, 6.07) is 9.37. The minimum absolute atomic E-state index is 0.0769. The number of amides is 1. The van der Waals surface area contributed by atoms with Crippen LogP contribution < -0.4 is 11.1 Å². The fourth-order valence-electron chi connectivity index (χ4n) is 3.53. The molecular formula is C20H23N5O. The van der Waals surface area contributed by atoms with Gasteiger partial charge in [0.05, 0.1) is 17.2 Å². The summed E-state index contributed by atoms with van der Waals surface area (Å²) in [5.41, 5.74) is 9.03. The van der Waals surface area contributed by atoms with Crippen LogP contribution in [0.25, 0.3) is 22.4 Å². The highest BCUT2D eigenvalue weighted by Gasteiger charge is 2.20. The summed E-state index contributed by atoms with van der Waals surface area (Å²) in [5.74, 6) is 1.49. The smallest absolute Gasteiger partial charge is 0.228 e. The molecule has 3 aromatic rings. The molecule has 4 rings (SSSR count). The number of benzene rings is 1. The number of anilines is 2. The number of H-pyrrole nitrogens is 1. The van der Waals surface area contributed by atoms with Gasteiger partial charge in [0.2, 0.25) is 5.91 Å². The van der Waals surface area contributed by atoms with Crippen molar-refractivity contribution in [3.05, 3.63) is 36.5 Å². The average Bonchev–Trinajstić information content (AvgIpc) is 2.87. The summed E-state index contributed by atoms with van der Waals surface area (Å²) >= 11 is 0. The summed E-state index contributed by atoms with van der Waals surface area (Å²) in [5, 5.41) is 2.97. The third-order valence-electron chi connectivity index (χ3n) is 5.03. The van der Waals surface area contributed by atoms with Crippen LogP contribution in [0.1, 0.15) is 38.5 Å². The number of rotatable bonds is 3. The quantitative estimate of drug-likeness (QED) is 0.489. The summed E-state index contributed by atoms with van der Waals surface area (Å²) < 4.78 is 0. The normalized spacial score (nSPS) is 15.7. The van der Waals surface area contributed by atoms with Crippen molar-refractivity contribution in [2.45, 2.75) is 38.5 Å². The molecule has 6 nitrogen and oxygen atoms in total. The number of hydrogen-bond acceptors (Lipinski definition) is 4. The van der Waals surface area contributed by atoms with E-state index in [2.05, 4.69) is 20.3 Å². The summed E-state index contributed by atoms with van der Waals surface area (Å²) in [7, 11) is 0. The van der Waals surface area contributed by atoms with Crippen LogP contribution in [0, 0.1) is 5.92 Å². The lowest BCUT2D eigenvalue weighted by atomic mass is 9.99. The number of carbonyl (C=O) groups excluding carboxylic acids is 1. The van der Waals surface area contributed by atoms with Gasteiger partial charge in [-0.05, 0) is 37.1 Å². The van der Waals surface area contributed by atoms with Gasteiger partial charge in [0.15, 0.2) is 0 Å². The highest BCUT2D eigenvalue weighted by molar-refractivity contribution is 5.93. The number of hydrogen-bond donors (Lipinski definition) is 3. The van der Waals surface area contributed by atoms with Gasteiger partial charge in [0.1, 0.15) is 11.6 Å². The molecule has 0 atom stereocenters. The summed E-state index contributed by atoms with van der Waals surface area (Å²) in [4.78, 5) is 24.8. The van der Waals surface area contributed by atoms with E-state index < -0.39 is 0 Å². The number of aromatic nitrogens is 3. The van der Waals surface area contributed by atoms with Crippen molar-refractivity contribution in [3.8, 4) is 11.4 Å². The molecule has 6 heteroatoms. The van der Waals surface area contributed by atoms with E-state index in [0.717, 1.165) is 53.8 Å². The van der Waals surface area contributed by atoms with Crippen molar-refractivity contribution >= 4 is 28.4 Å². The molecule has 0 bridgehead atoms. The fourth-order valence-corrected chi connectivity index (χ4v) is 3.53. The van der Waals surface area contributed by atoms with Crippen molar-refractivity contribution in [1.29, 1.82) is 0 Å². The molecule has 2 heterocycles. The predicted octanol–water partition coefficient (Wildman–Crippen LogP) is 4.12. The number of imidazole rings is 1. The molecule has 0 unspecified atom stereocenters. The highest BCUT2D eigenvalue weighted by atomic mass is 16.1. The highest BCUT2D eigenvalue weighted by Crippen LogP contribution is 2.25. The van der Waals surface area contributed by atoms with Crippen LogP contribution >= 0.6 is 0 Å². The van der Waals surface area contributed by atoms with E-state index in [1.165, 1.54) is 12.8 Å². The van der Waals surface area contributed by atoms with Gasteiger partial charge in [-0.3, -0.25) is 4.79 Å². The first kappa shape index (κ1) is 16.6. The van der Waals surface area contributed by atoms with E-state index in [1.54, 1.807) is 6.20 Å². The maximum absolute atomic E-state index is 12.5. The molecule has 0 radical (unpaired) electrons. The number of aromatic amines is 1. The number of carbonyl (C=O) groups is 1. The molecule has 26 heavy (non-hydrogen) atoms. The van der Waals surface area contributed by atoms with Gasteiger partial charge in [0.25, 0.3) is 0 Å². The van der Waals surface area contributed by atoms with E-state index >= 15 is 0 Å². The second-order valence-corrected chi connectivity index (χ2v) is 6.97. The second kappa shape index (κ2) is 7.15. The first-order valence-corrected chi connectivity index (χ1v) is 9.21. The number of pyridine rings is 1. The van der Waals surface area contributed by atoms with Crippen LogP contribution in [-0.2, 0) is 4.79 Å². The Morgan fingerprint density at radius 3 is 2.58 bits per heavy atom. The Morgan fingerprint density at radius 2 is 1.85 bits per heavy atom.